The fraction of sp³-hybridized carbons (Fsp3) is 0.348. The second-order valence-electron chi connectivity index (χ2n) is 7.60. The molecule has 0 spiro atoms. The first-order chi connectivity index (χ1) is 14.4. The van der Waals surface area contributed by atoms with E-state index >= 15 is 0 Å². The van der Waals surface area contributed by atoms with Crippen LogP contribution in [0.5, 0.6) is 5.75 Å². The van der Waals surface area contributed by atoms with Gasteiger partial charge in [0.1, 0.15) is 11.3 Å². The van der Waals surface area contributed by atoms with Crippen LogP contribution in [-0.4, -0.2) is 42.6 Å². The summed E-state index contributed by atoms with van der Waals surface area (Å²) in [5.41, 5.74) is 6.05. The van der Waals surface area contributed by atoms with E-state index in [1.165, 1.54) is 0 Å². The van der Waals surface area contributed by atoms with Crippen molar-refractivity contribution in [2.75, 3.05) is 7.11 Å². The number of ether oxygens (including phenoxy) is 1. The van der Waals surface area contributed by atoms with Gasteiger partial charge in [0.25, 0.3) is 0 Å². The van der Waals surface area contributed by atoms with Crippen molar-refractivity contribution in [2.24, 2.45) is 0 Å². The Bertz CT molecular complexity index is 1180. The maximum atomic E-state index is 10.3. The monoisotopic (exact) mass is 405 g/mol. The number of aryl methyl sites for hydroxylation is 2. The first kappa shape index (κ1) is 20.1. The first-order valence-corrected chi connectivity index (χ1v) is 10.2. The number of hydrogen-bond donors (Lipinski definition) is 1. The van der Waals surface area contributed by atoms with Crippen molar-refractivity contribution in [3.05, 3.63) is 54.1 Å². The Morgan fingerprint density at radius 3 is 2.67 bits per heavy atom. The lowest BCUT2D eigenvalue weighted by Crippen LogP contribution is -2.20. The molecule has 156 valence electrons. The smallest absolute Gasteiger partial charge is 0.159 e. The Morgan fingerprint density at radius 1 is 1.20 bits per heavy atom. The van der Waals surface area contributed by atoms with Crippen LogP contribution in [0.3, 0.4) is 0 Å². The average Bonchev–Trinajstić information content (AvgIpc) is 3.40. The predicted molar refractivity (Wildman–Crippen MR) is 117 cm³/mol. The number of hydrogen-bond acceptors (Lipinski definition) is 5. The van der Waals surface area contributed by atoms with E-state index in [0.29, 0.717) is 12.2 Å². The molecule has 7 nitrogen and oxygen atoms in total. The van der Waals surface area contributed by atoms with Crippen molar-refractivity contribution in [3.63, 3.8) is 0 Å². The predicted octanol–water partition coefficient (Wildman–Crippen LogP) is 4.24. The number of nitrogens with zero attached hydrogens (tertiary/aromatic N) is 5. The summed E-state index contributed by atoms with van der Waals surface area (Å²) in [6.45, 7) is 7.97. The van der Waals surface area contributed by atoms with Gasteiger partial charge in [0, 0.05) is 30.2 Å². The van der Waals surface area contributed by atoms with Crippen LogP contribution in [0.2, 0.25) is 0 Å². The summed E-state index contributed by atoms with van der Waals surface area (Å²) < 4.78 is 9.50. The van der Waals surface area contributed by atoms with E-state index in [2.05, 4.69) is 5.10 Å². The van der Waals surface area contributed by atoms with Gasteiger partial charge in [-0.2, -0.15) is 5.10 Å². The first-order valence-electron chi connectivity index (χ1n) is 10.2. The van der Waals surface area contributed by atoms with E-state index in [1.807, 2.05) is 68.9 Å². The normalized spacial score (nSPS) is 13.5. The Kier molecular flexibility index (Phi) is 5.30. The lowest BCUT2D eigenvalue weighted by atomic mass is 10.1. The second kappa shape index (κ2) is 7.91. The van der Waals surface area contributed by atoms with Gasteiger partial charge < -0.3 is 14.4 Å². The minimum absolute atomic E-state index is 0.0753. The summed E-state index contributed by atoms with van der Waals surface area (Å²) >= 11 is 0. The zero-order chi connectivity index (χ0) is 21.4. The molecule has 0 unspecified atom stereocenters. The van der Waals surface area contributed by atoms with Gasteiger partial charge in [-0.05, 0) is 51.0 Å². The highest BCUT2D eigenvalue weighted by molar-refractivity contribution is 5.81. The molecule has 0 aliphatic heterocycles. The van der Waals surface area contributed by atoms with Crippen molar-refractivity contribution in [1.82, 2.24) is 24.3 Å². The largest absolute Gasteiger partial charge is 0.496 e. The molecule has 4 aromatic rings. The Hall–Kier alpha value is -3.19. The highest BCUT2D eigenvalue weighted by Gasteiger charge is 2.21. The van der Waals surface area contributed by atoms with Crippen molar-refractivity contribution < 1.29 is 9.84 Å². The van der Waals surface area contributed by atoms with E-state index in [1.54, 1.807) is 18.0 Å². The van der Waals surface area contributed by atoms with Gasteiger partial charge in [-0.15, -0.1) is 0 Å². The molecule has 0 radical (unpaired) electrons. The van der Waals surface area contributed by atoms with E-state index in [9.17, 15) is 5.11 Å². The topological polar surface area (TPSA) is 78.0 Å². The summed E-state index contributed by atoms with van der Waals surface area (Å²) in [6.07, 6.45) is 5.91. The van der Waals surface area contributed by atoms with Crippen LogP contribution >= 0.6 is 0 Å². The molecule has 0 saturated heterocycles. The van der Waals surface area contributed by atoms with Crippen LogP contribution in [0.4, 0.5) is 0 Å². The van der Waals surface area contributed by atoms with Crippen molar-refractivity contribution in [1.29, 1.82) is 0 Å². The van der Waals surface area contributed by atoms with E-state index < -0.39 is 6.10 Å². The minimum Gasteiger partial charge on any atom is -0.496 e. The second-order valence-corrected chi connectivity index (χ2v) is 7.60. The van der Waals surface area contributed by atoms with Gasteiger partial charge in [0.05, 0.1) is 36.3 Å². The molecule has 1 aromatic carbocycles. The fourth-order valence-electron chi connectivity index (χ4n) is 3.81. The number of rotatable bonds is 6. The zero-order valence-corrected chi connectivity index (χ0v) is 18.0. The zero-order valence-electron chi connectivity index (χ0n) is 18.0. The van der Waals surface area contributed by atoms with E-state index in [0.717, 1.165) is 39.4 Å². The molecule has 1 N–H and O–H groups in total. The highest BCUT2D eigenvalue weighted by atomic mass is 16.5. The van der Waals surface area contributed by atoms with Crippen molar-refractivity contribution in [3.8, 4) is 22.7 Å². The number of aliphatic hydroxyl groups excluding tert-OH is 1. The van der Waals surface area contributed by atoms with E-state index in [4.69, 9.17) is 14.7 Å². The number of aliphatic hydroxyl groups is 1. The molecule has 30 heavy (non-hydrogen) atoms. The van der Waals surface area contributed by atoms with Gasteiger partial charge >= 0.3 is 0 Å². The highest BCUT2D eigenvalue weighted by Crippen LogP contribution is 2.34. The molecule has 7 heteroatoms. The molecule has 3 heterocycles. The summed E-state index contributed by atoms with van der Waals surface area (Å²) in [5.74, 6) is 0.714. The number of methoxy groups -OCH3 is 1. The Morgan fingerprint density at radius 2 is 2.00 bits per heavy atom. The summed E-state index contributed by atoms with van der Waals surface area (Å²) in [7, 11) is 1.66. The maximum absolute atomic E-state index is 10.3. The molecular weight excluding hydrogens is 378 g/mol. The van der Waals surface area contributed by atoms with Crippen LogP contribution < -0.4 is 4.74 Å². The van der Waals surface area contributed by atoms with Gasteiger partial charge in [-0.25, -0.2) is 14.6 Å². The van der Waals surface area contributed by atoms with Crippen LogP contribution in [0.1, 0.15) is 37.6 Å². The third-order valence-electron chi connectivity index (χ3n) is 5.63. The van der Waals surface area contributed by atoms with Crippen molar-refractivity contribution in [2.45, 2.75) is 46.3 Å². The summed E-state index contributed by atoms with van der Waals surface area (Å²) in [5, 5.41) is 14.6. The van der Waals surface area contributed by atoms with Crippen LogP contribution in [0, 0.1) is 13.8 Å². The quantitative estimate of drug-likeness (QED) is 0.519. The molecule has 0 amide bonds. The van der Waals surface area contributed by atoms with Crippen LogP contribution in [0.25, 0.3) is 28.1 Å². The molecule has 0 aliphatic rings. The molecule has 0 saturated carbocycles. The molecule has 3 aromatic heterocycles. The standard InChI is InChI=1S/C23H27N5O2/c1-6-19(29)16(4)27-13-14(2)21-23(27)25-15(3)22(26-21)18-9-8-17(12-20(18)30-5)28-11-7-10-24-28/h7-13,16,19,29H,6H2,1-5H3/t16-,19+/m0/s1. The molecule has 0 bridgehead atoms. The fourth-order valence-corrected chi connectivity index (χ4v) is 3.81. The van der Waals surface area contributed by atoms with Gasteiger partial charge in [0.2, 0.25) is 0 Å². The molecule has 0 aliphatic carbocycles. The van der Waals surface area contributed by atoms with E-state index in [-0.39, 0.29) is 6.04 Å². The molecule has 4 rings (SSSR count). The molecule has 2 atom stereocenters. The third-order valence-corrected chi connectivity index (χ3v) is 5.63. The summed E-state index contributed by atoms with van der Waals surface area (Å²) in [4.78, 5) is 9.84. The van der Waals surface area contributed by atoms with Gasteiger partial charge in [0.15, 0.2) is 5.65 Å². The maximum Gasteiger partial charge on any atom is 0.159 e. The van der Waals surface area contributed by atoms with Crippen LogP contribution in [0.15, 0.2) is 42.9 Å². The average molecular weight is 406 g/mol. The number of benzene rings is 1. The lowest BCUT2D eigenvalue weighted by molar-refractivity contribution is 0.118. The third kappa shape index (κ3) is 3.35. The summed E-state index contributed by atoms with van der Waals surface area (Å²) in [6, 6.07) is 7.75. The molecular formula is C23H27N5O2. The SMILES string of the molecule is CC[C@@H](O)[C@H](C)n1cc(C)c2nc(-c3ccc(-n4cccn4)cc3OC)c(C)nc21. The Labute approximate surface area is 176 Å². The Balaban J connectivity index is 1.84. The van der Waals surface area contributed by atoms with Gasteiger partial charge in [-0.3, -0.25) is 0 Å². The molecule has 0 fully saturated rings. The van der Waals surface area contributed by atoms with Crippen molar-refractivity contribution >= 4 is 11.2 Å². The number of aromatic nitrogens is 5. The van der Waals surface area contributed by atoms with Crippen LogP contribution in [-0.2, 0) is 0 Å². The number of fused-ring (bicyclic) bond motifs is 1. The lowest BCUT2D eigenvalue weighted by Gasteiger charge is -2.20. The minimum atomic E-state index is -0.434. The van der Waals surface area contributed by atoms with Gasteiger partial charge in [-0.1, -0.05) is 6.92 Å².